The highest BCUT2D eigenvalue weighted by atomic mass is 35.5. The fraction of sp³-hybridized carbons (Fsp3) is 0.462. The molecule has 1 aromatic rings. The average molecular weight is 273 g/mol. The summed E-state index contributed by atoms with van der Waals surface area (Å²) >= 11 is 5.84. The molecule has 18 heavy (non-hydrogen) atoms. The molecule has 2 N–H and O–H groups in total. The van der Waals surface area contributed by atoms with Crippen molar-refractivity contribution in [3.05, 3.63) is 28.8 Å². The summed E-state index contributed by atoms with van der Waals surface area (Å²) in [6.07, 6.45) is -0.561. The van der Waals surface area contributed by atoms with E-state index in [0.29, 0.717) is 29.2 Å². The van der Waals surface area contributed by atoms with Crippen LogP contribution in [-0.4, -0.2) is 22.3 Å². The molecular weight excluding hydrogens is 256 g/mol. The molecule has 2 atom stereocenters. The molecule has 2 unspecified atom stereocenters. The van der Waals surface area contributed by atoms with E-state index in [4.69, 9.17) is 21.4 Å². The van der Waals surface area contributed by atoms with Gasteiger partial charge in [0.2, 0.25) is 0 Å². The summed E-state index contributed by atoms with van der Waals surface area (Å²) in [7, 11) is 0. The van der Waals surface area contributed by atoms with Crippen LogP contribution >= 0.6 is 11.6 Å². The molecule has 100 valence electrons. The minimum atomic E-state index is -1.01. The Kier molecular flexibility index (Phi) is 5.44. The van der Waals surface area contributed by atoms with Crippen molar-refractivity contribution < 1.29 is 19.7 Å². The number of carboxylic acids is 1. The number of hydrogen-bond donors (Lipinski definition) is 2. The van der Waals surface area contributed by atoms with Crippen molar-refractivity contribution >= 4 is 17.6 Å². The number of aliphatic hydroxyl groups excluding tert-OH is 1. The van der Waals surface area contributed by atoms with E-state index >= 15 is 0 Å². The zero-order valence-corrected chi connectivity index (χ0v) is 11.1. The zero-order valence-electron chi connectivity index (χ0n) is 10.4. The van der Waals surface area contributed by atoms with Crippen molar-refractivity contribution in [2.45, 2.75) is 38.9 Å². The van der Waals surface area contributed by atoms with Crippen LogP contribution in [0.2, 0.25) is 5.02 Å². The van der Waals surface area contributed by atoms with E-state index in [-0.39, 0.29) is 0 Å². The number of carboxylic acid groups (broad SMARTS) is 1. The molecule has 0 spiro atoms. The van der Waals surface area contributed by atoms with Gasteiger partial charge in [-0.2, -0.15) is 0 Å². The van der Waals surface area contributed by atoms with Crippen LogP contribution < -0.4 is 4.74 Å². The van der Waals surface area contributed by atoms with Crippen molar-refractivity contribution in [3.63, 3.8) is 0 Å². The monoisotopic (exact) mass is 272 g/mol. The van der Waals surface area contributed by atoms with Gasteiger partial charge < -0.3 is 14.9 Å². The Morgan fingerprint density at radius 1 is 1.50 bits per heavy atom. The van der Waals surface area contributed by atoms with Gasteiger partial charge in [-0.15, -0.1) is 0 Å². The SMILES string of the molecule is CCCC(Oc1ccc(Cl)cc1C(C)O)C(=O)O. The van der Waals surface area contributed by atoms with Crippen LogP contribution in [0.5, 0.6) is 5.75 Å². The summed E-state index contributed by atoms with van der Waals surface area (Å²) in [4.78, 5) is 11.0. The predicted molar refractivity (Wildman–Crippen MR) is 69.0 cm³/mol. The van der Waals surface area contributed by atoms with Crippen LogP contribution in [0.15, 0.2) is 18.2 Å². The third-order valence-electron chi connectivity index (χ3n) is 2.52. The minimum Gasteiger partial charge on any atom is -0.479 e. The first-order valence-corrected chi connectivity index (χ1v) is 6.20. The third kappa shape index (κ3) is 3.89. The molecule has 0 aromatic heterocycles. The lowest BCUT2D eigenvalue weighted by Crippen LogP contribution is -2.27. The van der Waals surface area contributed by atoms with Gasteiger partial charge in [0.1, 0.15) is 5.75 Å². The van der Waals surface area contributed by atoms with Gasteiger partial charge in [0, 0.05) is 10.6 Å². The summed E-state index contributed by atoms with van der Waals surface area (Å²) < 4.78 is 5.45. The molecule has 0 saturated heterocycles. The second kappa shape index (κ2) is 6.61. The van der Waals surface area contributed by atoms with E-state index in [1.165, 1.54) is 0 Å². The molecule has 5 heteroatoms. The number of rotatable bonds is 6. The van der Waals surface area contributed by atoms with Gasteiger partial charge in [-0.3, -0.25) is 0 Å². The first kappa shape index (κ1) is 14.8. The number of hydrogen-bond acceptors (Lipinski definition) is 3. The molecule has 4 nitrogen and oxygen atoms in total. The maximum Gasteiger partial charge on any atom is 0.344 e. The van der Waals surface area contributed by atoms with Crippen LogP contribution in [0, 0.1) is 0 Å². The molecule has 0 fully saturated rings. The molecule has 0 saturated carbocycles. The Labute approximate surface area is 111 Å². The zero-order chi connectivity index (χ0) is 13.7. The van der Waals surface area contributed by atoms with E-state index in [1.54, 1.807) is 25.1 Å². The van der Waals surface area contributed by atoms with E-state index in [0.717, 1.165) is 0 Å². The number of aliphatic hydroxyl groups is 1. The molecule has 1 rings (SSSR count). The van der Waals surface area contributed by atoms with E-state index in [2.05, 4.69) is 0 Å². The minimum absolute atomic E-state index is 0.357. The van der Waals surface area contributed by atoms with Crippen molar-refractivity contribution in [1.82, 2.24) is 0 Å². The standard InChI is InChI=1S/C13H17ClO4/c1-3-4-12(13(16)17)18-11-6-5-9(14)7-10(11)8(2)15/h5-8,12,15H,3-4H2,1-2H3,(H,16,17). The smallest absolute Gasteiger partial charge is 0.344 e. The highest BCUT2D eigenvalue weighted by molar-refractivity contribution is 6.30. The lowest BCUT2D eigenvalue weighted by atomic mass is 10.1. The number of ether oxygens (including phenoxy) is 1. The highest BCUT2D eigenvalue weighted by Gasteiger charge is 2.20. The predicted octanol–water partition coefficient (Wildman–Crippen LogP) is 3.03. The molecule has 0 amide bonds. The lowest BCUT2D eigenvalue weighted by molar-refractivity contribution is -0.145. The second-order valence-electron chi connectivity index (χ2n) is 4.09. The number of halogens is 1. The number of carbonyl (C=O) groups is 1. The van der Waals surface area contributed by atoms with Crippen LogP contribution in [0.4, 0.5) is 0 Å². The van der Waals surface area contributed by atoms with Crippen LogP contribution in [0.3, 0.4) is 0 Å². The largest absolute Gasteiger partial charge is 0.479 e. The molecule has 0 aliphatic heterocycles. The summed E-state index contributed by atoms with van der Waals surface area (Å²) in [6, 6.07) is 4.76. The Bertz CT molecular complexity index is 417. The first-order chi connectivity index (χ1) is 8.45. The van der Waals surface area contributed by atoms with Gasteiger partial charge in [-0.1, -0.05) is 24.9 Å². The molecule has 0 aliphatic carbocycles. The summed E-state index contributed by atoms with van der Waals surface area (Å²) in [5.74, 6) is -0.654. The molecule has 0 heterocycles. The maximum atomic E-state index is 11.0. The van der Waals surface area contributed by atoms with E-state index < -0.39 is 18.2 Å². The van der Waals surface area contributed by atoms with Crippen molar-refractivity contribution in [1.29, 1.82) is 0 Å². The van der Waals surface area contributed by atoms with Crippen molar-refractivity contribution in [2.75, 3.05) is 0 Å². The molecule has 0 aliphatic rings. The third-order valence-corrected chi connectivity index (χ3v) is 2.75. The number of aliphatic carboxylic acids is 1. The van der Waals surface area contributed by atoms with Gasteiger partial charge in [0.05, 0.1) is 6.10 Å². The Balaban J connectivity index is 2.98. The van der Waals surface area contributed by atoms with Crippen LogP contribution in [-0.2, 0) is 4.79 Å². The fourth-order valence-electron chi connectivity index (χ4n) is 1.60. The molecule has 0 radical (unpaired) electrons. The van der Waals surface area contributed by atoms with Gasteiger partial charge in [0.25, 0.3) is 0 Å². The average Bonchev–Trinajstić information content (AvgIpc) is 2.30. The Morgan fingerprint density at radius 2 is 2.17 bits per heavy atom. The van der Waals surface area contributed by atoms with Gasteiger partial charge in [-0.05, 0) is 31.5 Å². The highest BCUT2D eigenvalue weighted by Crippen LogP contribution is 2.29. The van der Waals surface area contributed by atoms with Crippen molar-refractivity contribution in [3.8, 4) is 5.75 Å². The van der Waals surface area contributed by atoms with E-state index in [1.807, 2.05) is 6.92 Å². The fourth-order valence-corrected chi connectivity index (χ4v) is 1.78. The molecular formula is C13H17ClO4. The lowest BCUT2D eigenvalue weighted by Gasteiger charge is -2.18. The Hall–Kier alpha value is -1.26. The summed E-state index contributed by atoms with van der Waals surface area (Å²) in [6.45, 7) is 3.46. The van der Waals surface area contributed by atoms with Gasteiger partial charge in [0.15, 0.2) is 6.10 Å². The van der Waals surface area contributed by atoms with E-state index in [9.17, 15) is 9.90 Å². The maximum absolute atomic E-state index is 11.0. The topological polar surface area (TPSA) is 66.8 Å². The van der Waals surface area contributed by atoms with Gasteiger partial charge in [-0.25, -0.2) is 4.79 Å². The Morgan fingerprint density at radius 3 is 2.67 bits per heavy atom. The van der Waals surface area contributed by atoms with Crippen molar-refractivity contribution in [2.24, 2.45) is 0 Å². The number of benzene rings is 1. The summed E-state index contributed by atoms with van der Waals surface area (Å²) in [5.41, 5.74) is 0.491. The normalized spacial score (nSPS) is 14.0. The first-order valence-electron chi connectivity index (χ1n) is 5.82. The molecule has 1 aromatic carbocycles. The van der Waals surface area contributed by atoms with Crippen LogP contribution in [0.1, 0.15) is 38.4 Å². The van der Waals surface area contributed by atoms with Crippen LogP contribution in [0.25, 0.3) is 0 Å². The summed E-state index contributed by atoms with van der Waals surface area (Å²) in [5, 5.41) is 19.1. The second-order valence-corrected chi connectivity index (χ2v) is 4.53. The quantitative estimate of drug-likeness (QED) is 0.835. The van der Waals surface area contributed by atoms with Gasteiger partial charge >= 0.3 is 5.97 Å². The molecule has 0 bridgehead atoms.